The molecule has 1 aliphatic heterocycles. The lowest BCUT2D eigenvalue weighted by molar-refractivity contribution is -0.116. The number of nitrogens with one attached hydrogen (secondary N) is 2. The Balaban J connectivity index is 1.99. The summed E-state index contributed by atoms with van der Waals surface area (Å²) in [4.78, 5) is 11.9. The van der Waals surface area contributed by atoms with Crippen LogP contribution in [-0.2, 0) is 4.79 Å². The molecule has 4 nitrogen and oxygen atoms in total. The highest BCUT2D eigenvalue weighted by Gasteiger charge is 2.18. The van der Waals surface area contributed by atoms with E-state index in [2.05, 4.69) is 10.6 Å². The number of methoxy groups -OCH3 is 1. The number of halogens is 1. The minimum atomic E-state index is -0.0185. The molecule has 0 aromatic heterocycles. The van der Waals surface area contributed by atoms with Gasteiger partial charge < -0.3 is 15.4 Å². The number of anilines is 1. The van der Waals surface area contributed by atoms with Crippen LogP contribution in [0.3, 0.4) is 0 Å². The molecule has 0 radical (unpaired) electrons. The molecule has 1 aromatic rings. The summed E-state index contributed by atoms with van der Waals surface area (Å²) in [6.45, 7) is 0.998. The molecule has 98 valence electrons. The van der Waals surface area contributed by atoms with Gasteiger partial charge in [-0.3, -0.25) is 4.79 Å². The molecule has 2 N–H and O–H groups in total. The van der Waals surface area contributed by atoms with Crippen LogP contribution in [0.5, 0.6) is 5.75 Å². The smallest absolute Gasteiger partial charge is 0.226 e. The molecule has 2 rings (SSSR count). The molecule has 5 heteroatoms. The average molecular weight is 269 g/mol. The van der Waals surface area contributed by atoms with Crippen molar-refractivity contribution in [1.82, 2.24) is 5.32 Å². The van der Waals surface area contributed by atoms with Crippen LogP contribution >= 0.6 is 11.6 Å². The van der Waals surface area contributed by atoms with E-state index in [0.29, 0.717) is 22.9 Å². The van der Waals surface area contributed by atoms with Crippen LogP contribution in [0.25, 0.3) is 0 Å². The Morgan fingerprint density at radius 1 is 1.61 bits per heavy atom. The van der Waals surface area contributed by atoms with Crippen molar-refractivity contribution >= 4 is 23.2 Å². The van der Waals surface area contributed by atoms with Crippen LogP contribution in [0.1, 0.15) is 19.3 Å². The third-order valence-electron chi connectivity index (χ3n) is 3.03. The molecular weight excluding hydrogens is 252 g/mol. The molecule has 1 heterocycles. The van der Waals surface area contributed by atoms with Crippen molar-refractivity contribution in [2.45, 2.75) is 25.3 Å². The van der Waals surface area contributed by atoms with Crippen molar-refractivity contribution in [3.8, 4) is 5.75 Å². The van der Waals surface area contributed by atoms with Crippen LogP contribution in [0.2, 0.25) is 5.02 Å². The van der Waals surface area contributed by atoms with Gasteiger partial charge in [0.25, 0.3) is 0 Å². The molecular formula is C13H17ClN2O2. The fourth-order valence-electron chi connectivity index (χ4n) is 2.13. The first-order chi connectivity index (χ1) is 8.69. The van der Waals surface area contributed by atoms with Crippen LogP contribution in [0, 0.1) is 0 Å². The first kappa shape index (κ1) is 13.2. The van der Waals surface area contributed by atoms with Crippen molar-refractivity contribution in [3.63, 3.8) is 0 Å². The zero-order valence-corrected chi connectivity index (χ0v) is 11.1. The van der Waals surface area contributed by atoms with Crippen molar-refractivity contribution in [2.24, 2.45) is 0 Å². The number of carbonyl (C=O) groups is 1. The molecule has 0 spiro atoms. The Morgan fingerprint density at radius 3 is 3.11 bits per heavy atom. The number of ether oxygens (including phenoxy) is 1. The van der Waals surface area contributed by atoms with Gasteiger partial charge in [0, 0.05) is 17.5 Å². The molecule has 1 amide bonds. The minimum absolute atomic E-state index is 0.0185. The summed E-state index contributed by atoms with van der Waals surface area (Å²) in [6, 6.07) is 5.45. The van der Waals surface area contributed by atoms with E-state index in [4.69, 9.17) is 16.3 Å². The maximum absolute atomic E-state index is 11.9. The summed E-state index contributed by atoms with van der Waals surface area (Å²) >= 11 is 5.91. The number of hydrogen-bond acceptors (Lipinski definition) is 3. The predicted molar refractivity (Wildman–Crippen MR) is 72.3 cm³/mol. The maximum Gasteiger partial charge on any atom is 0.226 e. The number of benzene rings is 1. The van der Waals surface area contributed by atoms with Gasteiger partial charge >= 0.3 is 0 Å². The van der Waals surface area contributed by atoms with E-state index >= 15 is 0 Å². The van der Waals surface area contributed by atoms with Gasteiger partial charge in [0.15, 0.2) is 0 Å². The normalized spacial score (nSPS) is 18.7. The Kier molecular flexibility index (Phi) is 4.44. The third-order valence-corrected chi connectivity index (χ3v) is 3.26. The molecule has 1 fully saturated rings. The SMILES string of the molecule is COc1ccc(Cl)cc1NC(=O)CC1CCCN1. The lowest BCUT2D eigenvalue weighted by Crippen LogP contribution is -2.27. The van der Waals surface area contributed by atoms with Gasteiger partial charge in [-0.25, -0.2) is 0 Å². The van der Waals surface area contributed by atoms with Crippen molar-refractivity contribution in [3.05, 3.63) is 23.2 Å². The van der Waals surface area contributed by atoms with Gasteiger partial charge in [0.1, 0.15) is 5.75 Å². The Bertz CT molecular complexity index is 431. The van der Waals surface area contributed by atoms with Crippen molar-refractivity contribution in [1.29, 1.82) is 0 Å². The second-order valence-electron chi connectivity index (χ2n) is 4.39. The standard InChI is InChI=1S/C13H17ClN2O2/c1-18-12-5-4-9(14)7-11(12)16-13(17)8-10-3-2-6-15-10/h4-5,7,10,15H,2-3,6,8H2,1H3,(H,16,17). The monoisotopic (exact) mass is 268 g/mol. The van der Waals surface area contributed by atoms with Crippen molar-refractivity contribution in [2.75, 3.05) is 19.0 Å². The first-order valence-electron chi connectivity index (χ1n) is 6.06. The van der Waals surface area contributed by atoms with E-state index in [1.54, 1.807) is 25.3 Å². The lowest BCUT2D eigenvalue weighted by atomic mass is 10.1. The predicted octanol–water partition coefficient (Wildman–Crippen LogP) is 2.43. The average Bonchev–Trinajstić information content (AvgIpc) is 2.82. The molecule has 1 saturated heterocycles. The quantitative estimate of drug-likeness (QED) is 0.882. The summed E-state index contributed by atoms with van der Waals surface area (Å²) in [5.74, 6) is 0.599. The van der Waals surface area contributed by atoms with Gasteiger partial charge in [-0.05, 0) is 37.6 Å². The fourth-order valence-corrected chi connectivity index (χ4v) is 2.31. The topological polar surface area (TPSA) is 50.4 Å². The number of hydrogen-bond donors (Lipinski definition) is 2. The highest BCUT2D eigenvalue weighted by molar-refractivity contribution is 6.31. The van der Waals surface area contributed by atoms with Crippen LogP contribution in [0.4, 0.5) is 5.69 Å². The largest absolute Gasteiger partial charge is 0.495 e. The fraction of sp³-hybridized carbons (Fsp3) is 0.462. The van der Waals surface area contributed by atoms with E-state index in [0.717, 1.165) is 19.4 Å². The Labute approximate surface area is 112 Å². The van der Waals surface area contributed by atoms with Crippen molar-refractivity contribution < 1.29 is 9.53 Å². The molecule has 0 bridgehead atoms. The highest BCUT2D eigenvalue weighted by atomic mass is 35.5. The zero-order valence-electron chi connectivity index (χ0n) is 10.3. The summed E-state index contributed by atoms with van der Waals surface area (Å²) in [5.41, 5.74) is 0.619. The van der Waals surface area contributed by atoms with Crippen LogP contribution in [-0.4, -0.2) is 25.6 Å². The van der Waals surface area contributed by atoms with E-state index < -0.39 is 0 Å². The molecule has 0 aliphatic carbocycles. The third kappa shape index (κ3) is 3.37. The molecule has 1 aliphatic rings. The van der Waals surface area contributed by atoms with Gasteiger partial charge in [-0.15, -0.1) is 0 Å². The second-order valence-corrected chi connectivity index (χ2v) is 4.83. The molecule has 18 heavy (non-hydrogen) atoms. The molecule has 0 saturated carbocycles. The van der Waals surface area contributed by atoms with E-state index in [1.807, 2.05) is 0 Å². The maximum atomic E-state index is 11.9. The molecule has 1 aromatic carbocycles. The summed E-state index contributed by atoms with van der Waals surface area (Å²) < 4.78 is 5.18. The van der Waals surface area contributed by atoms with E-state index in [1.165, 1.54) is 0 Å². The van der Waals surface area contributed by atoms with E-state index in [-0.39, 0.29) is 11.9 Å². The summed E-state index contributed by atoms with van der Waals surface area (Å²) in [6.07, 6.45) is 2.67. The van der Waals surface area contributed by atoms with Crippen LogP contribution in [0.15, 0.2) is 18.2 Å². The number of carbonyl (C=O) groups excluding carboxylic acids is 1. The Morgan fingerprint density at radius 2 is 2.44 bits per heavy atom. The molecule has 1 atom stereocenters. The Hall–Kier alpha value is -1.26. The van der Waals surface area contributed by atoms with Gasteiger partial charge in [0.05, 0.1) is 12.8 Å². The second kappa shape index (κ2) is 6.07. The minimum Gasteiger partial charge on any atom is -0.495 e. The van der Waals surface area contributed by atoms with Gasteiger partial charge in [-0.1, -0.05) is 11.6 Å². The van der Waals surface area contributed by atoms with E-state index in [9.17, 15) is 4.79 Å². The van der Waals surface area contributed by atoms with Crippen LogP contribution < -0.4 is 15.4 Å². The number of rotatable bonds is 4. The summed E-state index contributed by atoms with van der Waals surface area (Å²) in [7, 11) is 1.57. The first-order valence-corrected chi connectivity index (χ1v) is 6.43. The zero-order chi connectivity index (χ0) is 13.0. The highest BCUT2D eigenvalue weighted by Crippen LogP contribution is 2.27. The summed E-state index contributed by atoms with van der Waals surface area (Å²) in [5, 5.41) is 6.71. The van der Waals surface area contributed by atoms with Gasteiger partial charge in [-0.2, -0.15) is 0 Å². The number of amides is 1. The van der Waals surface area contributed by atoms with Gasteiger partial charge in [0.2, 0.25) is 5.91 Å². The lowest BCUT2D eigenvalue weighted by Gasteiger charge is -2.13. The molecule has 1 unspecified atom stereocenters.